The summed E-state index contributed by atoms with van der Waals surface area (Å²) in [5, 5.41) is 9.93. The van der Waals surface area contributed by atoms with Crippen molar-refractivity contribution >= 4 is 11.8 Å². The van der Waals surface area contributed by atoms with Gasteiger partial charge in [-0.05, 0) is 29.8 Å². The van der Waals surface area contributed by atoms with Gasteiger partial charge in [0.15, 0.2) is 0 Å². The van der Waals surface area contributed by atoms with Crippen LogP contribution >= 0.6 is 11.8 Å². The molecule has 0 amide bonds. The van der Waals surface area contributed by atoms with E-state index in [2.05, 4.69) is 0 Å². The molecule has 2 aromatic rings. The highest BCUT2D eigenvalue weighted by atomic mass is 32.2. The zero-order valence-corrected chi connectivity index (χ0v) is 10.0. The Balaban J connectivity index is 1.93. The minimum Gasteiger partial charge on any atom is -0.388 e. The van der Waals surface area contributed by atoms with Crippen molar-refractivity contribution in [1.29, 1.82) is 0 Å². The number of hydrogen-bond acceptors (Lipinski definition) is 2. The predicted octanol–water partition coefficient (Wildman–Crippen LogP) is 3.65. The van der Waals surface area contributed by atoms with E-state index in [4.69, 9.17) is 0 Å². The largest absolute Gasteiger partial charge is 0.388 e. The number of aliphatic hydroxyl groups is 1. The Morgan fingerprint density at radius 3 is 2.29 bits per heavy atom. The average Bonchev–Trinajstić information content (AvgIpc) is 2.38. The van der Waals surface area contributed by atoms with Gasteiger partial charge in [0.05, 0.1) is 6.10 Å². The van der Waals surface area contributed by atoms with Crippen LogP contribution in [0.1, 0.15) is 11.7 Å². The molecule has 0 aliphatic rings. The van der Waals surface area contributed by atoms with E-state index < -0.39 is 6.10 Å². The maximum Gasteiger partial charge on any atom is 0.123 e. The third-order valence-electron chi connectivity index (χ3n) is 2.41. The maximum atomic E-state index is 12.7. The highest BCUT2D eigenvalue weighted by molar-refractivity contribution is 7.99. The zero-order chi connectivity index (χ0) is 12.1. The first-order valence-electron chi connectivity index (χ1n) is 5.37. The van der Waals surface area contributed by atoms with Crippen molar-refractivity contribution in [2.24, 2.45) is 0 Å². The van der Waals surface area contributed by atoms with E-state index in [0.717, 1.165) is 10.5 Å². The van der Waals surface area contributed by atoms with Crippen LogP contribution in [0.25, 0.3) is 0 Å². The Bertz CT molecular complexity index is 455. The van der Waals surface area contributed by atoms with Gasteiger partial charge in [0.25, 0.3) is 0 Å². The summed E-state index contributed by atoms with van der Waals surface area (Å²) in [5.41, 5.74) is 0.745. The average molecular weight is 248 g/mol. The summed E-state index contributed by atoms with van der Waals surface area (Å²) in [4.78, 5) is 1.12. The van der Waals surface area contributed by atoms with Crippen LogP contribution in [0.15, 0.2) is 59.5 Å². The fraction of sp³-hybridized carbons (Fsp3) is 0.143. The normalized spacial score (nSPS) is 12.4. The summed E-state index contributed by atoms with van der Waals surface area (Å²) >= 11 is 1.58. The highest BCUT2D eigenvalue weighted by Crippen LogP contribution is 2.24. The van der Waals surface area contributed by atoms with E-state index in [1.807, 2.05) is 30.3 Å². The molecular weight excluding hydrogens is 235 g/mol. The van der Waals surface area contributed by atoms with Crippen molar-refractivity contribution in [3.8, 4) is 0 Å². The third kappa shape index (κ3) is 3.58. The topological polar surface area (TPSA) is 20.2 Å². The van der Waals surface area contributed by atoms with Crippen LogP contribution in [0.4, 0.5) is 4.39 Å². The van der Waals surface area contributed by atoms with Crippen molar-refractivity contribution in [1.82, 2.24) is 0 Å². The first kappa shape index (κ1) is 12.1. The summed E-state index contributed by atoms with van der Waals surface area (Å²) in [7, 11) is 0. The SMILES string of the molecule is OC(CSc1ccccc1)c1ccc(F)cc1. The zero-order valence-electron chi connectivity index (χ0n) is 9.21. The van der Waals surface area contributed by atoms with Crippen LogP contribution in [-0.4, -0.2) is 10.9 Å². The van der Waals surface area contributed by atoms with E-state index in [-0.39, 0.29) is 5.82 Å². The molecule has 0 saturated heterocycles. The minimum atomic E-state index is -0.569. The molecule has 1 N–H and O–H groups in total. The standard InChI is InChI=1S/C14H13FOS/c15-12-8-6-11(7-9-12)14(16)10-17-13-4-2-1-3-5-13/h1-9,14,16H,10H2. The smallest absolute Gasteiger partial charge is 0.123 e. The number of halogens is 1. The summed E-state index contributed by atoms with van der Waals surface area (Å²) in [6.07, 6.45) is -0.569. The molecule has 17 heavy (non-hydrogen) atoms. The summed E-state index contributed by atoms with van der Waals surface area (Å²) in [6, 6.07) is 15.9. The Labute approximate surface area is 104 Å². The molecule has 0 aliphatic heterocycles. The molecule has 1 atom stereocenters. The molecule has 0 radical (unpaired) electrons. The lowest BCUT2D eigenvalue weighted by molar-refractivity contribution is 0.204. The second kappa shape index (κ2) is 5.84. The van der Waals surface area contributed by atoms with Gasteiger partial charge in [0.1, 0.15) is 5.82 Å². The van der Waals surface area contributed by atoms with Crippen LogP contribution < -0.4 is 0 Å². The molecule has 1 unspecified atom stereocenters. The molecule has 2 rings (SSSR count). The fourth-order valence-electron chi connectivity index (χ4n) is 1.47. The fourth-order valence-corrected chi connectivity index (χ4v) is 2.37. The van der Waals surface area contributed by atoms with Gasteiger partial charge in [-0.3, -0.25) is 0 Å². The molecule has 88 valence electrons. The predicted molar refractivity (Wildman–Crippen MR) is 68.5 cm³/mol. The van der Waals surface area contributed by atoms with Crippen molar-refractivity contribution < 1.29 is 9.50 Å². The Morgan fingerprint density at radius 1 is 1.00 bits per heavy atom. The molecule has 2 aromatic carbocycles. The van der Waals surface area contributed by atoms with E-state index in [0.29, 0.717) is 5.75 Å². The van der Waals surface area contributed by atoms with Gasteiger partial charge < -0.3 is 5.11 Å². The van der Waals surface area contributed by atoms with Gasteiger partial charge in [-0.25, -0.2) is 4.39 Å². The van der Waals surface area contributed by atoms with Gasteiger partial charge >= 0.3 is 0 Å². The first-order chi connectivity index (χ1) is 8.25. The van der Waals surface area contributed by atoms with Crippen molar-refractivity contribution in [3.05, 3.63) is 66.0 Å². The molecule has 0 aliphatic carbocycles. The lowest BCUT2D eigenvalue weighted by atomic mass is 10.1. The number of hydrogen-bond donors (Lipinski definition) is 1. The molecule has 0 heterocycles. The van der Waals surface area contributed by atoms with Crippen LogP contribution in [0, 0.1) is 5.82 Å². The lowest BCUT2D eigenvalue weighted by Crippen LogP contribution is -2.00. The highest BCUT2D eigenvalue weighted by Gasteiger charge is 2.07. The molecule has 3 heteroatoms. The van der Waals surface area contributed by atoms with E-state index in [1.165, 1.54) is 12.1 Å². The first-order valence-corrected chi connectivity index (χ1v) is 6.35. The van der Waals surface area contributed by atoms with Crippen molar-refractivity contribution in [3.63, 3.8) is 0 Å². The van der Waals surface area contributed by atoms with Crippen molar-refractivity contribution in [2.45, 2.75) is 11.0 Å². The number of rotatable bonds is 4. The van der Waals surface area contributed by atoms with E-state index in [9.17, 15) is 9.50 Å². The van der Waals surface area contributed by atoms with Gasteiger partial charge in [-0.15, -0.1) is 11.8 Å². The minimum absolute atomic E-state index is 0.281. The maximum absolute atomic E-state index is 12.7. The summed E-state index contributed by atoms with van der Waals surface area (Å²) in [6.45, 7) is 0. The number of benzene rings is 2. The summed E-state index contributed by atoms with van der Waals surface area (Å²) in [5.74, 6) is 0.284. The quantitative estimate of drug-likeness (QED) is 0.833. The van der Waals surface area contributed by atoms with Gasteiger partial charge in [0, 0.05) is 10.6 Å². The van der Waals surface area contributed by atoms with Crippen LogP contribution in [0.5, 0.6) is 0 Å². The van der Waals surface area contributed by atoms with E-state index >= 15 is 0 Å². The van der Waals surface area contributed by atoms with Crippen molar-refractivity contribution in [2.75, 3.05) is 5.75 Å². The van der Waals surface area contributed by atoms with Crippen LogP contribution in [0.3, 0.4) is 0 Å². The number of thioether (sulfide) groups is 1. The van der Waals surface area contributed by atoms with Gasteiger partial charge in [0.2, 0.25) is 0 Å². The Hall–Kier alpha value is -1.32. The Morgan fingerprint density at radius 2 is 1.65 bits per heavy atom. The molecule has 0 fully saturated rings. The lowest BCUT2D eigenvalue weighted by Gasteiger charge is -2.10. The monoisotopic (exact) mass is 248 g/mol. The van der Waals surface area contributed by atoms with E-state index in [1.54, 1.807) is 23.9 Å². The molecular formula is C14H13FOS. The third-order valence-corrected chi connectivity index (χ3v) is 3.49. The van der Waals surface area contributed by atoms with Gasteiger partial charge in [-0.1, -0.05) is 30.3 Å². The molecule has 1 nitrogen and oxygen atoms in total. The second-order valence-electron chi connectivity index (χ2n) is 3.69. The Kier molecular flexibility index (Phi) is 4.18. The molecule has 0 saturated carbocycles. The molecule has 0 bridgehead atoms. The van der Waals surface area contributed by atoms with Crippen LogP contribution in [-0.2, 0) is 0 Å². The molecule has 0 spiro atoms. The summed E-state index contributed by atoms with van der Waals surface area (Å²) < 4.78 is 12.7. The second-order valence-corrected chi connectivity index (χ2v) is 4.78. The van der Waals surface area contributed by atoms with Gasteiger partial charge in [-0.2, -0.15) is 0 Å². The molecule has 0 aromatic heterocycles. The number of aliphatic hydroxyl groups excluding tert-OH is 1. The van der Waals surface area contributed by atoms with Crippen LogP contribution in [0.2, 0.25) is 0 Å².